The molecular formula is C19H24N2O5. The molecule has 1 heterocycles. The minimum atomic E-state index is -1.08. The molecule has 26 heavy (non-hydrogen) atoms. The summed E-state index contributed by atoms with van der Waals surface area (Å²) in [6, 6.07) is 5.32. The number of benzene rings is 1. The maximum Gasteiger partial charge on any atom is 0.330 e. The van der Waals surface area contributed by atoms with E-state index in [9.17, 15) is 19.2 Å². The van der Waals surface area contributed by atoms with E-state index in [1.807, 2.05) is 13.8 Å². The van der Waals surface area contributed by atoms with E-state index < -0.39 is 36.3 Å². The van der Waals surface area contributed by atoms with Crippen LogP contribution in [-0.4, -0.2) is 47.3 Å². The number of carbonyl (C=O) groups is 4. The molecule has 1 aliphatic heterocycles. The van der Waals surface area contributed by atoms with Crippen molar-refractivity contribution in [1.82, 2.24) is 10.2 Å². The molecule has 0 aromatic heterocycles. The number of imide groups is 1. The minimum Gasteiger partial charge on any atom is -0.454 e. The van der Waals surface area contributed by atoms with Crippen LogP contribution < -0.4 is 5.32 Å². The third kappa shape index (κ3) is 3.92. The smallest absolute Gasteiger partial charge is 0.330 e. The molecule has 0 saturated heterocycles. The van der Waals surface area contributed by atoms with Crippen LogP contribution in [0.1, 0.15) is 54.8 Å². The van der Waals surface area contributed by atoms with Crippen LogP contribution in [0.4, 0.5) is 0 Å². The van der Waals surface area contributed by atoms with Gasteiger partial charge in [-0.1, -0.05) is 32.9 Å². The van der Waals surface area contributed by atoms with Crippen LogP contribution in [-0.2, 0) is 14.3 Å². The van der Waals surface area contributed by atoms with Gasteiger partial charge in [-0.3, -0.25) is 19.3 Å². The van der Waals surface area contributed by atoms with Crippen LogP contribution in [0.25, 0.3) is 0 Å². The summed E-state index contributed by atoms with van der Waals surface area (Å²) >= 11 is 0. The van der Waals surface area contributed by atoms with E-state index in [1.165, 1.54) is 0 Å². The first kappa shape index (κ1) is 19.6. The summed E-state index contributed by atoms with van der Waals surface area (Å²) in [5, 5.41) is 2.69. The highest BCUT2D eigenvalue weighted by atomic mass is 16.5. The lowest BCUT2D eigenvalue weighted by Gasteiger charge is -2.27. The first-order valence-corrected chi connectivity index (χ1v) is 8.70. The normalized spacial score (nSPS) is 15.7. The molecule has 0 aliphatic carbocycles. The van der Waals surface area contributed by atoms with Gasteiger partial charge in [0, 0.05) is 6.04 Å². The SMILES string of the molecule is CC[C@H](C)NC(=O)COC(=O)[C@@H](C(C)C)N1C(=O)c2ccccc2C1=O. The van der Waals surface area contributed by atoms with Gasteiger partial charge in [-0.25, -0.2) is 4.79 Å². The molecule has 140 valence electrons. The zero-order chi connectivity index (χ0) is 19.4. The second kappa shape index (κ2) is 8.12. The summed E-state index contributed by atoms with van der Waals surface area (Å²) in [7, 11) is 0. The molecule has 1 aromatic rings. The summed E-state index contributed by atoms with van der Waals surface area (Å²) in [6.45, 7) is 6.75. The van der Waals surface area contributed by atoms with Gasteiger partial charge in [-0.15, -0.1) is 0 Å². The number of nitrogens with zero attached hydrogens (tertiary/aromatic N) is 1. The maximum absolute atomic E-state index is 12.6. The van der Waals surface area contributed by atoms with Crippen molar-refractivity contribution in [1.29, 1.82) is 0 Å². The predicted octanol–water partition coefficient (Wildman–Crippen LogP) is 1.77. The molecule has 0 fully saturated rings. The van der Waals surface area contributed by atoms with Crippen LogP contribution in [0.3, 0.4) is 0 Å². The molecule has 0 spiro atoms. The second-order valence-electron chi connectivity index (χ2n) is 6.70. The van der Waals surface area contributed by atoms with Gasteiger partial charge < -0.3 is 10.1 Å². The van der Waals surface area contributed by atoms with Crippen molar-refractivity contribution in [3.8, 4) is 0 Å². The van der Waals surface area contributed by atoms with Crippen molar-refractivity contribution >= 4 is 23.7 Å². The lowest BCUT2D eigenvalue weighted by atomic mass is 10.0. The molecule has 7 heteroatoms. The van der Waals surface area contributed by atoms with Gasteiger partial charge in [-0.05, 0) is 31.4 Å². The Morgan fingerprint density at radius 1 is 1.08 bits per heavy atom. The molecule has 0 unspecified atom stereocenters. The Morgan fingerprint density at radius 3 is 2.08 bits per heavy atom. The van der Waals surface area contributed by atoms with E-state index in [-0.39, 0.29) is 23.1 Å². The summed E-state index contributed by atoms with van der Waals surface area (Å²) in [5.74, 6) is -2.59. The molecule has 1 N–H and O–H groups in total. The lowest BCUT2D eigenvalue weighted by molar-refractivity contribution is -0.153. The average Bonchev–Trinajstić information content (AvgIpc) is 2.85. The fourth-order valence-corrected chi connectivity index (χ4v) is 2.78. The second-order valence-corrected chi connectivity index (χ2v) is 6.70. The van der Waals surface area contributed by atoms with Gasteiger partial charge in [0.1, 0.15) is 6.04 Å². The highest BCUT2D eigenvalue weighted by Crippen LogP contribution is 2.27. The number of rotatable bonds is 7. The Kier molecular flexibility index (Phi) is 6.13. The standard InChI is InChI=1S/C19H24N2O5/c1-5-12(4)20-15(22)10-26-19(25)16(11(2)3)21-17(23)13-8-6-7-9-14(13)18(21)24/h6-9,11-12,16H,5,10H2,1-4H3,(H,20,22)/t12-,16+/m0/s1. The Morgan fingerprint density at radius 2 is 1.62 bits per heavy atom. The fraction of sp³-hybridized carbons (Fsp3) is 0.474. The maximum atomic E-state index is 12.6. The molecule has 2 rings (SSSR count). The average molecular weight is 360 g/mol. The number of hydrogen-bond acceptors (Lipinski definition) is 5. The molecule has 1 aliphatic rings. The van der Waals surface area contributed by atoms with E-state index in [2.05, 4.69) is 5.32 Å². The van der Waals surface area contributed by atoms with Crippen molar-refractivity contribution in [3.05, 3.63) is 35.4 Å². The number of carbonyl (C=O) groups excluding carboxylic acids is 4. The van der Waals surface area contributed by atoms with E-state index >= 15 is 0 Å². The topological polar surface area (TPSA) is 92.8 Å². The first-order chi connectivity index (χ1) is 12.3. The van der Waals surface area contributed by atoms with Crippen molar-refractivity contribution in [2.75, 3.05) is 6.61 Å². The van der Waals surface area contributed by atoms with Crippen LogP contribution in [0, 0.1) is 5.92 Å². The number of amides is 3. The van der Waals surface area contributed by atoms with Crippen molar-refractivity contribution in [2.45, 2.75) is 46.2 Å². The summed E-state index contributed by atoms with van der Waals surface area (Å²) in [5.41, 5.74) is 0.538. The molecule has 1 aromatic carbocycles. The summed E-state index contributed by atoms with van der Waals surface area (Å²) < 4.78 is 5.08. The zero-order valence-corrected chi connectivity index (χ0v) is 15.4. The Labute approximate surface area is 152 Å². The first-order valence-electron chi connectivity index (χ1n) is 8.70. The van der Waals surface area contributed by atoms with Gasteiger partial charge >= 0.3 is 5.97 Å². The van der Waals surface area contributed by atoms with Gasteiger partial charge in [0.05, 0.1) is 11.1 Å². The van der Waals surface area contributed by atoms with Gasteiger partial charge in [0.2, 0.25) is 0 Å². The highest BCUT2D eigenvalue weighted by molar-refractivity contribution is 6.22. The summed E-state index contributed by atoms with van der Waals surface area (Å²) in [4.78, 5) is 50.5. The predicted molar refractivity (Wildman–Crippen MR) is 94.4 cm³/mol. The van der Waals surface area contributed by atoms with Gasteiger partial charge in [0.25, 0.3) is 17.7 Å². The molecule has 0 saturated carbocycles. The molecular weight excluding hydrogens is 336 g/mol. The Bertz CT molecular complexity index is 693. The van der Waals surface area contributed by atoms with Crippen LogP contribution >= 0.6 is 0 Å². The summed E-state index contributed by atoms with van der Waals surface area (Å²) in [6.07, 6.45) is 0.753. The number of ether oxygens (including phenoxy) is 1. The number of esters is 1. The van der Waals surface area contributed by atoms with Gasteiger partial charge in [-0.2, -0.15) is 0 Å². The van der Waals surface area contributed by atoms with E-state index in [0.717, 1.165) is 11.3 Å². The van der Waals surface area contributed by atoms with Crippen LogP contribution in [0.5, 0.6) is 0 Å². The number of hydrogen-bond donors (Lipinski definition) is 1. The third-order valence-electron chi connectivity index (χ3n) is 4.34. The van der Waals surface area contributed by atoms with E-state index in [0.29, 0.717) is 0 Å². The largest absolute Gasteiger partial charge is 0.454 e. The number of nitrogens with one attached hydrogen (secondary N) is 1. The molecule has 0 bridgehead atoms. The molecule has 0 radical (unpaired) electrons. The quantitative estimate of drug-likeness (QED) is 0.591. The zero-order valence-electron chi connectivity index (χ0n) is 15.4. The Balaban J connectivity index is 2.12. The van der Waals surface area contributed by atoms with E-state index in [4.69, 9.17) is 4.74 Å². The van der Waals surface area contributed by atoms with Crippen LogP contribution in [0.15, 0.2) is 24.3 Å². The van der Waals surface area contributed by atoms with Gasteiger partial charge in [0.15, 0.2) is 6.61 Å². The fourth-order valence-electron chi connectivity index (χ4n) is 2.78. The molecule has 3 amide bonds. The van der Waals surface area contributed by atoms with Crippen molar-refractivity contribution < 1.29 is 23.9 Å². The minimum absolute atomic E-state index is 0.0293. The van der Waals surface area contributed by atoms with E-state index in [1.54, 1.807) is 38.1 Å². The Hall–Kier alpha value is -2.70. The molecule has 2 atom stereocenters. The third-order valence-corrected chi connectivity index (χ3v) is 4.34. The lowest BCUT2D eigenvalue weighted by Crippen LogP contribution is -2.49. The van der Waals surface area contributed by atoms with Crippen molar-refractivity contribution in [2.24, 2.45) is 5.92 Å². The van der Waals surface area contributed by atoms with Crippen molar-refractivity contribution in [3.63, 3.8) is 0 Å². The highest BCUT2D eigenvalue weighted by Gasteiger charge is 2.44. The molecule has 7 nitrogen and oxygen atoms in total. The van der Waals surface area contributed by atoms with Crippen LogP contribution in [0.2, 0.25) is 0 Å². The monoisotopic (exact) mass is 360 g/mol. The number of fused-ring (bicyclic) bond motifs is 1.